The second-order valence-electron chi connectivity index (χ2n) is 5.90. The fraction of sp³-hybridized carbons (Fsp3) is 0.412. The third-order valence-corrected chi connectivity index (χ3v) is 4.24. The van der Waals surface area contributed by atoms with Crippen molar-refractivity contribution in [3.63, 3.8) is 0 Å². The van der Waals surface area contributed by atoms with E-state index in [0.29, 0.717) is 6.04 Å². The maximum Gasteiger partial charge on any atom is 0.130 e. The molecular formula is C17H19N3. The lowest BCUT2D eigenvalue weighted by molar-refractivity contribution is 0.686. The quantitative estimate of drug-likeness (QED) is 0.921. The Kier molecular flexibility index (Phi) is 2.91. The summed E-state index contributed by atoms with van der Waals surface area (Å²) in [6.45, 7) is 0. The Labute approximate surface area is 119 Å². The second kappa shape index (κ2) is 4.89. The zero-order chi connectivity index (χ0) is 13.4. The minimum Gasteiger partial charge on any atom is -0.367 e. The van der Waals surface area contributed by atoms with E-state index in [2.05, 4.69) is 39.6 Å². The van der Waals surface area contributed by atoms with E-state index in [1.165, 1.54) is 55.2 Å². The molecule has 0 unspecified atom stereocenters. The number of benzene rings is 1. The van der Waals surface area contributed by atoms with Crippen LogP contribution in [-0.2, 0) is 12.8 Å². The van der Waals surface area contributed by atoms with Gasteiger partial charge in [0.25, 0.3) is 0 Å². The Balaban J connectivity index is 1.65. The average molecular weight is 265 g/mol. The molecule has 0 atom stereocenters. The average Bonchev–Trinajstić information content (AvgIpc) is 3.31. The number of hydrogen-bond acceptors (Lipinski definition) is 3. The molecular weight excluding hydrogens is 246 g/mol. The summed E-state index contributed by atoms with van der Waals surface area (Å²) in [6, 6.07) is 9.50. The molecule has 0 saturated heterocycles. The van der Waals surface area contributed by atoms with E-state index in [1.54, 1.807) is 6.33 Å². The van der Waals surface area contributed by atoms with Crippen LogP contribution in [0.5, 0.6) is 0 Å². The first-order valence-electron chi connectivity index (χ1n) is 7.59. The molecule has 2 aliphatic rings. The standard InChI is InChI=1S/C17H19N3/c1-2-4-13-9-14(6-5-12(13)3-1)16-10-17(19-11-18-16)20-15-7-8-15/h5-6,9-11,15H,1-4,7-8H2,(H,18,19,20). The Morgan fingerprint density at radius 3 is 2.65 bits per heavy atom. The van der Waals surface area contributed by atoms with Crippen LogP contribution >= 0.6 is 0 Å². The van der Waals surface area contributed by atoms with Gasteiger partial charge in [-0.25, -0.2) is 9.97 Å². The molecule has 1 heterocycles. The summed E-state index contributed by atoms with van der Waals surface area (Å²) in [5.41, 5.74) is 5.26. The van der Waals surface area contributed by atoms with Crippen LogP contribution in [-0.4, -0.2) is 16.0 Å². The van der Waals surface area contributed by atoms with Gasteiger partial charge in [-0.1, -0.05) is 12.1 Å². The highest BCUT2D eigenvalue weighted by Crippen LogP contribution is 2.28. The maximum atomic E-state index is 4.44. The molecule has 4 rings (SSSR count). The molecule has 1 aromatic carbocycles. The van der Waals surface area contributed by atoms with Gasteiger partial charge in [-0.3, -0.25) is 0 Å². The summed E-state index contributed by atoms with van der Waals surface area (Å²) in [5.74, 6) is 0.954. The van der Waals surface area contributed by atoms with Gasteiger partial charge in [-0.15, -0.1) is 0 Å². The third kappa shape index (κ3) is 2.40. The SMILES string of the molecule is c1nc(NC2CC2)cc(-c2ccc3c(c2)CCCC3)n1. The van der Waals surface area contributed by atoms with Crippen LogP contribution in [0.2, 0.25) is 0 Å². The molecule has 2 aromatic rings. The van der Waals surface area contributed by atoms with Gasteiger partial charge in [-0.05, 0) is 55.7 Å². The lowest BCUT2D eigenvalue weighted by Gasteiger charge is -2.16. The summed E-state index contributed by atoms with van der Waals surface area (Å²) in [4.78, 5) is 8.75. The summed E-state index contributed by atoms with van der Waals surface area (Å²) in [6.07, 6.45) is 9.27. The van der Waals surface area contributed by atoms with Crippen LogP contribution in [0.1, 0.15) is 36.8 Å². The van der Waals surface area contributed by atoms with Crippen molar-refractivity contribution in [2.75, 3.05) is 5.32 Å². The number of hydrogen-bond donors (Lipinski definition) is 1. The number of nitrogens with zero attached hydrogens (tertiary/aromatic N) is 2. The maximum absolute atomic E-state index is 4.44. The molecule has 0 bridgehead atoms. The van der Waals surface area contributed by atoms with Gasteiger partial charge in [0, 0.05) is 17.7 Å². The van der Waals surface area contributed by atoms with E-state index < -0.39 is 0 Å². The van der Waals surface area contributed by atoms with Crippen molar-refractivity contribution in [1.82, 2.24) is 9.97 Å². The fourth-order valence-corrected chi connectivity index (χ4v) is 2.92. The molecule has 1 fully saturated rings. The van der Waals surface area contributed by atoms with E-state index in [-0.39, 0.29) is 0 Å². The van der Waals surface area contributed by atoms with Gasteiger partial charge in [0.05, 0.1) is 5.69 Å². The van der Waals surface area contributed by atoms with Gasteiger partial charge in [0.2, 0.25) is 0 Å². The number of anilines is 1. The van der Waals surface area contributed by atoms with Crippen molar-refractivity contribution in [3.8, 4) is 11.3 Å². The largest absolute Gasteiger partial charge is 0.367 e. The third-order valence-electron chi connectivity index (χ3n) is 4.24. The van der Waals surface area contributed by atoms with Gasteiger partial charge < -0.3 is 5.32 Å². The highest BCUT2D eigenvalue weighted by molar-refractivity contribution is 5.64. The zero-order valence-corrected chi connectivity index (χ0v) is 11.6. The Hall–Kier alpha value is -1.90. The summed E-state index contributed by atoms with van der Waals surface area (Å²) >= 11 is 0. The molecule has 1 saturated carbocycles. The van der Waals surface area contributed by atoms with Crippen molar-refractivity contribution >= 4 is 5.82 Å². The predicted octanol–water partition coefficient (Wildman–Crippen LogP) is 3.60. The predicted molar refractivity (Wildman–Crippen MR) is 80.8 cm³/mol. The van der Waals surface area contributed by atoms with E-state index in [4.69, 9.17) is 0 Å². The van der Waals surface area contributed by atoms with Crippen molar-refractivity contribution in [1.29, 1.82) is 0 Å². The smallest absolute Gasteiger partial charge is 0.130 e. The van der Waals surface area contributed by atoms with Crippen LogP contribution in [0, 0.1) is 0 Å². The Morgan fingerprint density at radius 2 is 1.80 bits per heavy atom. The number of fused-ring (bicyclic) bond motifs is 1. The van der Waals surface area contributed by atoms with E-state index >= 15 is 0 Å². The molecule has 102 valence electrons. The Morgan fingerprint density at radius 1 is 0.950 bits per heavy atom. The molecule has 3 heteroatoms. The molecule has 3 nitrogen and oxygen atoms in total. The molecule has 0 spiro atoms. The monoisotopic (exact) mass is 265 g/mol. The number of aryl methyl sites for hydroxylation is 2. The minimum absolute atomic E-state index is 0.626. The molecule has 0 radical (unpaired) electrons. The summed E-state index contributed by atoms with van der Waals surface area (Å²) < 4.78 is 0. The molecule has 1 aromatic heterocycles. The van der Waals surface area contributed by atoms with Crippen LogP contribution in [0.4, 0.5) is 5.82 Å². The lowest BCUT2D eigenvalue weighted by atomic mass is 9.90. The molecule has 0 aliphatic heterocycles. The van der Waals surface area contributed by atoms with E-state index in [0.717, 1.165) is 11.5 Å². The highest BCUT2D eigenvalue weighted by atomic mass is 15.1. The second-order valence-corrected chi connectivity index (χ2v) is 5.90. The van der Waals surface area contributed by atoms with Crippen molar-refractivity contribution in [3.05, 3.63) is 41.7 Å². The van der Waals surface area contributed by atoms with E-state index in [1.807, 2.05) is 0 Å². The van der Waals surface area contributed by atoms with Crippen LogP contribution in [0.15, 0.2) is 30.6 Å². The van der Waals surface area contributed by atoms with Gasteiger partial charge in [-0.2, -0.15) is 0 Å². The van der Waals surface area contributed by atoms with Crippen LogP contribution < -0.4 is 5.32 Å². The highest BCUT2D eigenvalue weighted by Gasteiger charge is 2.21. The van der Waals surface area contributed by atoms with Crippen LogP contribution in [0.3, 0.4) is 0 Å². The van der Waals surface area contributed by atoms with Crippen molar-refractivity contribution in [2.45, 2.75) is 44.6 Å². The summed E-state index contributed by atoms with van der Waals surface area (Å²) in [5, 5.41) is 3.44. The molecule has 0 amide bonds. The van der Waals surface area contributed by atoms with E-state index in [9.17, 15) is 0 Å². The summed E-state index contributed by atoms with van der Waals surface area (Å²) in [7, 11) is 0. The van der Waals surface area contributed by atoms with Gasteiger partial charge in [0.1, 0.15) is 12.1 Å². The lowest BCUT2D eigenvalue weighted by Crippen LogP contribution is -2.04. The number of rotatable bonds is 3. The number of nitrogens with one attached hydrogen (secondary N) is 1. The molecule has 20 heavy (non-hydrogen) atoms. The molecule has 1 N–H and O–H groups in total. The van der Waals surface area contributed by atoms with Gasteiger partial charge in [0.15, 0.2) is 0 Å². The van der Waals surface area contributed by atoms with Gasteiger partial charge >= 0.3 is 0 Å². The normalized spacial score (nSPS) is 17.6. The molecule has 2 aliphatic carbocycles. The van der Waals surface area contributed by atoms with Crippen LogP contribution in [0.25, 0.3) is 11.3 Å². The topological polar surface area (TPSA) is 37.8 Å². The first-order valence-corrected chi connectivity index (χ1v) is 7.59. The van der Waals surface area contributed by atoms with Crippen molar-refractivity contribution < 1.29 is 0 Å². The first kappa shape index (κ1) is 11.9. The first-order chi connectivity index (χ1) is 9.88. The zero-order valence-electron chi connectivity index (χ0n) is 11.6. The Bertz CT molecular complexity index is 632. The number of aromatic nitrogens is 2. The fourth-order valence-electron chi connectivity index (χ4n) is 2.92. The van der Waals surface area contributed by atoms with Crippen molar-refractivity contribution in [2.24, 2.45) is 0 Å². The minimum atomic E-state index is 0.626.